The molecular weight excluding hydrogens is 374 g/mol. The first kappa shape index (κ1) is 19.9. The molecule has 0 aliphatic carbocycles. The first-order valence-electron chi connectivity index (χ1n) is 10.1. The number of pyridine rings is 1. The zero-order chi connectivity index (χ0) is 21.1. The van der Waals surface area contributed by atoms with Crippen molar-refractivity contribution in [2.24, 2.45) is 0 Å². The van der Waals surface area contributed by atoms with Gasteiger partial charge in [-0.2, -0.15) is 0 Å². The maximum atomic E-state index is 12.0. The molecule has 0 unspecified atom stereocenters. The highest BCUT2D eigenvalue weighted by molar-refractivity contribution is 6.09. The van der Waals surface area contributed by atoms with Gasteiger partial charge in [-0.05, 0) is 50.8 Å². The van der Waals surface area contributed by atoms with Gasteiger partial charge in [0, 0.05) is 52.7 Å². The summed E-state index contributed by atoms with van der Waals surface area (Å²) in [5.74, 6) is -0.917. The van der Waals surface area contributed by atoms with Crippen LogP contribution in [0.5, 0.6) is 0 Å². The van der Waals surface area contributed by atoms with Crippen LogP contribution in [0.3, 0.4) is 0 Å². The molecule has 5 heteroatoms. The fourth-order valence-corrected chi connectivity index (χ4v) is 3.87. The van der Waals surface area contributed by atoms with Crippen LogP contribution in [-0.2, 0) is 6.54 Å². The highest BCUT2D eigenvalue weighted by atomic mass is 16.4. The SMILES string of the molecule is CN(C)CCCn1cc(-c2cncc(-c3ccccc3)c2)c2c(C(=O)O)cccc21. The van der Waals surface area contributed by atoms with Crippen LogP contribution < -0.4 is 0 Å². The smallest absolute Gasteiger partial charge is 0.336 e. The summed E-state index contributed by atoms with van der Waals surface area (Å²) in [6.07, 6.45) is 6.70. The Morgan fingerprint density at radius 2 is 1.77 bits per heavy atom. The van der Waals surface area contributed by atoms with Gasteiger partial charge in [0.25, 0.3) is 0 Å². The number of carbonyl (C=O) groups is 1. The molecular formula is C25H25N3O2. The van der Waals surface area contributed by atoms with Crippen molar-refractivity contribution in [1.82, 2.24) is 14.5 Å². The lowest BCUT2D eigenvalue weighted by Crippen LogP contribution is -2.14. The number of aryl methyl sites for hydroxylation is 1. The van der Waals surface area contributed by atoms with E-state index in [1.807, 2.05) is 54.9 Å². The van der Waals surface area contributed by atoms with E-state index in [1.165, 1.54) is 0 Å². The number of hydrogen-bond acceptors (Lipinski definition) is 3. The molecule has 2 aromatic carbocycles. The third kappa shape index (κ3) is 3.98. The van der Waals surface area contributed by atoms with Gasteiger partial charge in [0.2, 0.25) is 0 Å². The first-order chi connectivity index (χ1) is 14.5. The van der Waals surface area contributed by atoms with Crippen molar-refractivity contribution in [2.45, 2.75) is 13.0 Å². The maximum Gasteiger partial charge on any atom is 0.336 e. The standard InChI is InChI=1S/C25H25N3O2/c1-27(2)12-7-13-28-17-22(24-21(25(29)30)10-6-11-23(24)28)20-14-19(15-26-16-20)18-8-4-3-5-9-18/h3-6,8-11,14-17H,7,12-13H2,1-2H3,(H,29,30). The summed E-state index contributed by atoms with van der Waals surface area (Å²) in [7, 11) is 4.12. The summed E-state index contributed by atoms with van der Waals surface area (Å²) in [5.41, 5.74) is 5.17. The van der Waals surface area contributed by atoms with Crippen molar-refractivity contribution in [3.8, 4) is 22.3 Å². The molecule has 0 saturated heterocycles. The highest BCUT2D eigenvalue weighted by Crippen LogP contribution is 2.35. The average Bonchev–Trinajstić information content (AvgIpc) is 3.13. The van der Waals surface area contributed by atoms with Crippen molar-refractivity contribution in [3.63, 3.8) is 0 Å². The summed E-state index contributed by atoms with van der Waals surface area (Å²) in [6, 6.07) is 17.7. The maximum absolute atomic E-state index is 12.0. The number of rotatable bonds is 7. The molecule has 0 fully saturated rings. The van der Waals surface area contributed by atoms with E-state index >= 15 is 0 Å². The van der Waals surface area contributed by atoms with Crippen LogP contribution in [0, 0.1) is 0 Å². The Labute approximate surface area is 176 Å². The van der Waals surface area contributed by atoms with E-state index in [2.05, 4.69) is 40.8 Å². The Morgan fingerprint density at radius 3 is 2.50 bits per heavy atom. The molecule has 2 heterocycles. The second-order valence-corrected chi connectivity index (χ2v) is 7.73. The zero-order valence-corrected chi connectivity index (χ0v) is 17.2. The minimum absolute atomic E-state index is 0.318. The molecule has 4 rings (SSSR count). The van der Waals surface area contributed by atoms with Crippen molar-refractivity contribution in [1.29, 1.82) is 0 Å². The third-order valence-corrected chi connectivity index (χ3v) is 5.30. The molecule has 4 aromatic rings. The van der Waals surface area contributed by atoms with Crippen LogP contribution in [0.1, 0.15) is 16.8 Å². The van der Waals surface area contributed by atoms with Gasteiger partial charge in [0.15, 0.2) is 0 Å². The van der Waals surface area contributed by atoms with Gasteiger partial charge in [-0.25, -0.2) is 4.79 Å². The Morgan fingerprint density at radius 1 is 1.00 bits per heavy atom. The summed E-state index contributed by atoms with van der Waals surface area (Å²) in [5, 5.41) is 10.6. The lowest BCUT2D eigenvalue weighted by atomic mass is 9.99. The van der Waals surface area contributed by atoms with E-state index in [0.29, 0.717) is 5.56 Å². The Hall–Kier alpha value is -3.44. The fourth-order valence-electron chi connectivity index (χ4n) is 3.87. The molecule has 0 aliphatic heterocycles. The molecule has 5 nitrogen and oxygen atoms in total. The van der Waals surface area contributed by atoms with Crippen molar-refractivity contribution < 1.29 is 9.90 Å². The van der Waals surface area contributed by atoms with E-state index in [-0.39, 0.29) is 0 Å². The molecule has 152 valence electrons. The molecule has 0 aliphatic rings. The van der Waals surface area contributed by atoms with Gasteiger partial charge in [-0.3, -0.25) is 4.98 Å². The highest BCUT2D eigenvalue weighted by Gasteiger charge is 2.18. The second kappa shape index (κ2) is 8.51. The molecule has 0 radical (unpaired) electrons. The van der Waals surface area contributed by atoms with Crippen LogP contribution >= 0.6 is 0 Å². The number of carboxylic acid groups (broad SMARTS) is 1. The van der Waals surface area contributed by atoms with E-state index in [9.17, 15) is 9.90 Å². The van der Waals surface area contributed by atoms with Crippen LogP contribution in [0.25, 0.3) is 33.2 Å². The van der Waals surface area contributed by atoms with Crippen molar-refractivity contribution >= 4 is 16.9 Å². The Kier molecular flexibility index (Phi) is 5.63. The van der Waals surface area contributed by atoms with Gasteiger partial charge >= 0.3 is 5.97 Å². The molecule has 0 amide bonds. The van der Waals surface area contributed by atoms with Gasteiger partial charge < -0.3 is 14.6 Å². The minimum Gasteiger partial charge on any atom is -0.478 e. The lowest BCUT2D eigenvalue weighted by molar-refractivity contribution is 0.0699. The Balaban J connectivity index is 1.85. The van der Waals surface area contributed by atoms with Crippen molar-refractivity contribution in [2.75, 3.05) is 20.6 Å². The number of carboxylic acids is 1. The van der Waals surface area contributed by atoms with Crippen LogP contribution in [0.4, 0.5) is 0 Å². The normalized spacial score (nSPS) is 11.3. The molecule has 0 bridgehead atoms. The lowest BCUT2D eigenvalue weighted by Gasteiger charge is -2.10. The predicted molar refractivity (Wildman–Crippen MR) is 121 cm³/mol. The molecule has 0 atom stereocenters. The Bertz CT molecular complexity index is 1180. The van der Waals surface area contributed by atoms with Gasteiger partial charge in [0.05, 0.1) is 5.56 Å². The predicted octanol–water partition coefficient (Wildman–Crippen LogP) is 5.02. The van der Waals surface area contributed by atoms with Crippen molar-refractivity contribution in [3.05, 3.63) is 78.8 Å². The summed E-state index contributed by atoms with van der Waals surface area (Å²) < 4.78 is 2.16. The molecule has 30 heavy (non-hydrogen) atoms. The van der Waals surface area contributed by atoms with Crippen LogP contribution in [0.2, 0.25) is 0 Å². The van der Waals surface area contributed by atoms with Gasteiger partial charge in [0.1, 0.15) is 0 Å². The number of benzene rings is 2. The monoisotopic (exact) mass is 399 g/mol. The summed E-state index contributed by atoms with van der Waals surface area (Å²) >= 11 is 0. The van der Waals surface area contributed by atoms with Gasteiger partial charge in [-0.15, -0.1) is 0 Å². The molecule has 1 N–H and O–H groups in total. The summed E-state index contributed by atoms with van der Waals surface area (Å²) in [6.45, 7) is 1.79. The number of aromatic carboxylic acids is 1. The number of hydrogen-bond donors (Lipinski definition) is 1. The van der Waals surface area contributed by atoms with Crippen LogP contribution in [0.15, 0.2) is 73.2 Å². The number of aromatic nitrogens is 2. The van der Waals surface area contributed by atoms with Crippen LogP contribution in [-0.4, -0.2) is 46.2 Å². The molecule has 0 spiro atoms. The fraction of sp³-hybridized carbons (Fsp3) is 0.200. The van der Waals surface area contributed by atoms with Gasteiger partial charge in [-0.1, -0.05) is 36.4 Å². The average molecular weight is 399 g/mol. The summed E-state index contributed by atoms with van der Waals surface area (Å²) in [4.78, 5) is 18.6. The molecule has 2 aromatic heterocycles. The second-order valence-electron chi connectivity index (χ2n) is 7.73. The number of fused-ring (bicyclic) bond motifs is 1. The largest absolute Gasteiger partial charge is 0.478 e. The van der Waals surface area contributed by atoms with E-state index in [0.717, 1.165) is 52.7 Å². The van der Waals surface area contributed by atoms with E-state index in [4.69, 9.17) is 0 Å². The molecule has 0 saturated carbocycles. The van der Waals surface area contributed by atoms with E-state index < -0.39 is 5.97 Å². The quantitative estimate of drug-likeness (QED) is 0.474. The number of nitrogens with zero attached hydrogens (tertiary/aromatic N) is 3. The minimum atomic E-state index is -0.917. The third-order valence-electron chi connectivity index (χ3n) is 5.30. The zero-order valence-electron chi connectivity index (χ0n) is 17.2. The van der Waals surface area contributed by atoms with E-state index in [1.54, 1.807) is 6.07 Å². The first-order valence-corrected chi connectivity index (χ1v) is 10.1. The topological polar surface area (TPSA) is 58.4 Å².